The smallest absolute Gasteiger partial charge is 0.124 e. The van der Waals surface area contributed by atoms with Crippen molar-refractivity contribution in [2.75, 3.05) is 0 Å². The Morgan fingerprint density at radius 3 is 2.27 bits per heavy atom. The second-order valence-electron chi connectivity index (χ2n) is 2.26. The zero-order valence-electron chi connectivity index (χ0n) is 7.55. The van der Waals surface area contributed by atoms with E-state index >= 15 is 0 Å². The van der Waals surface area contributed by atoms with Crippen LogP contribution in [0.1, 0.15) is 33.6 Å². The molecule has 2 heteroatoms. The first-order chi connectivity index (χ1) is 5.33. The molecular weight excluding hydrogens is 138 g/mol. The number of nitrogens with two attached hydrogens (primary N) is 1. The van der Waals surface area contributed by atoms with E-state index in [2.05, 4.69) is 11.8 Å². The fourth-order valence-corrected chi connectivity index (χ4v) is 0.820. The molecule has 0 saturated carbocycles. The molecule has 1 rings (SSSR count). The van der Waals surface area contributed by atoms with Crippen molar-refractivity contribution in [1.82, 2.24) is 0 Å². The van der Waals surface area contributed by atoms with Crippen LogP contribution in [-0.4, -0.2) is 0 Å². The van der Waals surface area contributed by atoms with Crippen molar-refractivity contribution in [2.24, 2.45) is 5.90 Å². The van der Waals surface area contributed by atoms with Crippen LogP contribution in [0.25, 0.3) is 0 Å². The molecule has 0 aromatic carbocycles. The Balaban J connectivity index is 0.000000461. The lowest BCUT2D eigenvalue weighted by atomic mass is 10.1. The topological polar surface area (TPSA) is 35.2 Å². The van der Waals surface area contributed by atoms with Gasteiger partial charge in [0.2, 0.25) is 0 Å². The average Bonchev–Trinajstić information content (AvgIpc) is 2.10. The Labute approximate surface area is 68.7 Å². The molecule has 0 spiro atoms. The Bertz CT molecular complexity index is 159. The summed E-state index contributed by atoms with van der Waals surface area (Å²) in [4.78, 5) is 4.56. The highest BCUT2D eigenvalue weighted by Gasteiger charge is 2.01. The maximum absolute atomic E-state index is 4.95. The number of allylic oxidation sites excluding steroid dienone is 4. The maximum atomic E-state index is 4.95. The molecule has 1 aliphatic carbocycles. The van der Waals surface area contributed by atoms with Crippen LogP contribution in [0.4, 0.5) is 0 Å². The van der Waals surface area contributed by atoms with Gasteiger partial charge in [-0.15, -0.1) is 0 Å². The molecule has 0 fully saturated rings. The van der Waals surface area contributed by atoms with Gasteiger partial charge in [0.1, 0.15) is 5.76 Å². The molecule has 0 bridgehead atoms. The zero-order valence-corrected chi connectivity index (χ0v) is 7.55. The van der Waals surface area contributed by atoms with Crippen LogP contribution in [0.3, 0.4) is 0 Å². The van der Waals surface area contributed by atoms with Gasteiger partial charge in [-0.25, -0.2) is 0 Å². The summed E-state index contributed by atoms with van der Waals surface area (Å²) in [5, 5.41) is 0. The largest absolute Gasteiger partial charge is 0.416 e. The van der Waals surface area contributed by atoms with Gasteiger partial charge in [-0.1, -0.05) is 25.5 Å². The quantitative estimate of drug-likeness (QED) is 0.590. The molecule has 0 unspecified atom stereocenters. The van der Waals surface area contributed by atoms with Crippen LogP contribution >= 0.6 is 0 Å². The van der Waals surface area contributed by atoms with E-state index in [4.69, 9.17) is 5.90 Å². The SMILES string of the molecule is CC.CC1=CC=C(ON)CC1. The molecule has 0 aliphatic heterocycles. The van der Waals surface area contributed by atoms with Crippen LogP contribution < -0.4 is 5.90 Å². The first-order valence-corrected chi connectivity index (χ1v) is 4.06. The van der Waals surface area contributed by atoms with Gasteiger partial charge in [0.15, 0.2) is 0 Å². The molecule has 0 atom stereocenters. The van der Waals surface area contributed by atoms with Crippen molar-refractivity contribution >= 4 is 0 Å². The molecule has 1 aliphatic rings. The van der Waals surface area contributed by atoms with Crippen molar-refractivity contribution in [1.29, 1.82) is 0 Å². The molecule has 64 valence electrons. The molecule has 2 nitrogen and oxygen atoms in total. The summed E-state index contributed by atoms with van der Waals surface area (Å²) in [6.45, 7) is 6.10. The highest BCUT2D eigenvalue weighted by Crippen LogP contribution is 2.16. The lowest BCUT2D eigenvalue weighted by Crippen LogP contribution is -2.01. The fourth-order valence-electron chi connectivity index (χ4n) is 0.820. The molecular formula is C9H17NO. The first kappa shape index (κ1) is 10.2. The van der Waals surface area contributed by atoms with Gasteiger partial charge < -0.3 is 4.84 Å². The summed E-state index contributed by atoms with van der Waals surface area (Å²) in [6, 6.07) is 0. The summed E-state index contributed by atoms with van der Waals surface area (Å²) < 4.78 is 0. The molecule has 0 saturated heterocycles. The lowest BCUT2D eigenvalue weighted by Gasteiger charge is -2.08. The van der Waals surface area contributed by atoms with Gasteiger partial charge in [-0.3, -0.25) is 0 Å². The second-order valence-corrected chi connectivity index (χ2v) is 2.26. The monoisotopic (exact) mass is 155 g/mol. The molecule has 11 heavy (non-hydrogen) atoms. The van der Waals surface area contributed by atoms with E-state index < -0.39 is 0 Å². The Hall–Kier alpha value is -0.760. The lowest BCUT2D eigenvalue weighted by molar-refractivity contribution is 0.208. The van der Waals surface area contributed by atoms with Gasteiger partial charge in [-0.05, 0) is 19.4 Å². The molecule has 0 aromatic heterocycles. The second kappa shape index (κ2) is 5.98. The van der Waals surface area contributed by atoms with E-state index in [-0.39, 0.29) is 0 Å². The van der Waals surface area contributed by atoms with E-state index in [1.54, 1.807) is 0 Å². The zero-order chi connectivity index (χ0) is 8.69. The van der Waals surface area contributed by atoms with E-state index in [9.17, 15) is 0 Å². The Morgan fingerprint density at radius 1 is 1.27 bits per heavy atom. The normalized spacial score (nSPS) is 15.6. The van der Waals surface area contributed by atoms with Gasteiger partial charge in [0.25, 0.3) is 0 Å². The Kier molecular flexibility index (Phi) is 5.57. The van der Waals surface area contributed by atoms with Gasteiger partial charge in [0.05, 0.1) is 0 Å². The Morgan fingerprint density at radius 2 is 1.91 bits per heavy atom. The van der Waals surface area contributed by atoms with E-state index in [1.165, 1.54) is 5.57 Å². The average molecular weight is 155 g/mol. The fraction of sp³-hybridized carbons (Fsp3) is 0.556. The highest BCUT2D eigenvalue weighted by atomic mass is 16.6. The molecule has 0 amide bonds. The van der Waals surface area contributed by atoms with Gasteiger partial charge >= 0.3 is 0 Å². The van der Waals surface area contributed by atoms with Gasteiger partial charge in [-0.2, -0.15) is 5.90 Å². The third kappa shape index (κ3) is 3.83. The van der Waals surface area contributed by atoms with Crippen molar-refractivity contribution in [2.45, 2.75) is 33.6 Å². The van der Waals surface area contributed by atoms with Crippen LogP contribution in [0.15, 0.2) is 23.5 Å². The molecule has 0 aromatic rings. The van der Waals surface area contributed by atoms with Crippen LogP contribution in [-0.2, 0) is 4.84 Å². The number of hydrogen-bond donors (Lipinski definition) is 1. The summed E-state index contributed by atoms with van der Waals surface area (Å²) in [6.07, 6.45) is 5.96. The van der Waals surface area contributed by atoms with Crippen molar-refractivity contribution in [3.8, 4) is 0 Å². The molecule has 0 heterocycles. The molecule has 0 radical (unpaired) electrons. The summed E-state index contributed by atoms with van der Waals surface area (Å²) in [5.41, 5.74) is 1.39. The third-order valence-corrected chi connectivity index (χ3v) is 1.47. The van der Waals surface area contributed by atoms with E-state index in [0.29, 0.717) is 0 Å². The van der Waals surface area contributed by atoms with Gasteiger partial charge in [0, 0.05) is 6.42 Å². The van der Waals surface area contributed by atoms with Crippen molar-refractivity contribution in [3.05, 3.63) is 23.5 Å². The predicted octanol–water partition coefficient (Wildman–Crippen LogP) is 2.53. The van der Waals surface area contributed by atoms with E-state index in [1.807, 2.05) is 26.0 Å². The minimum Gasteiger partial charge on any atom is -0.416 e. The van der Waals surface area contributed by atoms with Crippen molar-refractivity contribution < 1.29 is 4.84 Å². The predicted molar refractivity (Wildman–Crippen MR) is 47.7 cm³/mol. The minimum absolute atomic E-state index is 0.876. The first-order valence-electron chi connectivity index (χ1n) is 4.06. The van der Waals surface area contributed by atoms with Crippen LogP contribution in [0.2, 0.25) is 0 Å². The van der Waals surface area contributed by atoms with Crippen molar-refractivity contribution in [3.63, 3.8) is 0 Å². The molecule has 2 N–H and O–H groups in total. The summed E-state index contributed by atoms with van der Waals surface area (Å²) in [7, 11) is 0. The number of rotatable bonds is 1. The maximum Gasteiger partial charge on any atom is 0.124 e. The minimum atomic E-state index is 0.876. The third-order valence-electron chi connectivity index (χ3n) is 1.47. The standard InChI is InChI=1S/C7H11NO.C2H6/c1-6-2-4-7(9-8)5-3-6;1-2/h2,4H,3,5,8H2,1H3;1-2H3. The summed E-state index contributed by atoms with van der Waals surface area (Å²) in [5.74, 6) is 5.83. The van der Waals surface area contributed by atoms with Crippen LogP contribution in [0, 0.1) is 0 Å². The number of hydrogen-bond acceptors (Lipinski definition) is 2. The highest BCUT2D eigenvalue weighted by molar-refractivity contribution is 5.18. The van der Waals surface area contributed by atoms with E-state index in [0.717, 1.165) is 18.6 Å². The summed E-state index contributed by atoms with van der Waals surface area (Å²) >= 11 is 0. The van der Waals surface area contributed by atoms with Crippen LogP contribution in [0.5, 0.6) is 0 Å².